The molecule has 1 atom stereocenters. The van der Waals surface area contributed by atoms with Gasteiger partial charge in [0.1, 0.15) is 5.75 Å². The number of benzene rings is 1. The molecule has 1 aliphatic heterocycles. The summed E-state index contributed by atoms with van der Waals surface area (Å²) in [5, 5.41) is 0. The second kappa shape index (κ2) is 4.21. The molecule has 0 aromatic heterocycles. The molecule has 1 heterocycles. The van der Waals surface area contributed by atoms with E-state index in [1.807, 2.05) is 6.07 Å². The smallest absolute Gasteiger partial charge is 0.122 e. The predicted molar refractivity (Wildman–Crippen MR) is 60.5 cm³/mol. The molecule has 82 valence electrons. The third-order valence-electron chi connectivity index (χ3n) is 2.92. The number of hydrogen-bond acceptors (Lipinski definition) is 3. The zero-order valence-corrected chi connectivity index (χ0v) is 9.29. The molecule has 3 nitrogen and oxygen atoms in total. The first-order chi connectivity index (χ1) is 7.22. The Balaban J connectivity index is 2.28. The fourth-order valence-electron chi connectivity index (χ4n) is 2.07. The summed E-state index contributed by atoms with van der Waals surface area (Å²) in [5.41, 5.74) is 5.41. The molecule has 0 saturated carbocycles. The van der Waals surface area contributed by atoms with Gasteiger partial charge in [-0.15, -0.1) is 0 Å². The van der Waals surface area contributed by atoms with Gasteiger partial charge < -0.3 is 4.74 Å². The van der Waals surface area contributed by atoms with Gasteiger partial charge in [-0.2, -0.15) is 0 Å². The molecule has 0 aliphatic carbocycles. The van der Waals surface area contributed by atoms with Crippen molar-refractivity contribution in [2.45, 2.75) is 26.3 Å². The molecule has 0 amide bonds. The van der Waals surface area contributed by atoms with Crippen molar-refractivity contribution < 1.29 is 4.74 Å². The Morgan fingerprint density at radius 3 is 2.87 bits per heavy atom. The summed E-state index contributed by atoms with van der Waals surface area (Å²) in [4.78, 5) is 0. The van der Waals surface area contributed by atoms with Crippen LogP contribution in [0.5, 0.6) is 5.75 Å². The van der Waals surface area contributed by atoms with Crippen LogP contribution in [0.4, 0.5) is 0 Å². The van der Waals surface area contributed by atoms with Crippen LogP contribution < -0.4 is 16.0 Å². The molecule has 1 unspecified atom stereocenters. The molecule has 1 aromatic carbocycles. The Hall–Kier alpha value is -1.06. The van der Waals surface area contributed by atoms with Crippen molar-refractivity contribution in [3.63, 3.8) is 0 Å². The number of ether oxygens (including phenoxy) is 1. The molecule has 1 aliphatic rings. The number of nitrogens with one attached hydrogen (secondary N) is 1. The van der Waals surface area contributed by atoms with Crippen molar-refractivity contribution >= 4 is 0 Å². The highest BCUT2D eigenvalue weighted by molar-refractivity contribution is 5.40. The van der Waals surface area contributed by atoms with Crippen LogP contribution in [0, 0.1) is 5.92 Å². The molecule has 3 N–H and O–H groups in total. The van der Waals surface area contributed by atoms with Crippen LogP contribution in [-0.4, -0.2) is 6.61 Å². The summed E-state index contributed by atoms with van der Waals surface area (Å²) in [6, 6.07) is 6.56. The summed E-state index contributed by atoms with van der Waals surface area (Å²) in [6.07, 6.45) is 1.01. The molecule has 0 fully saturated rings. The van der Waals surface area contributed by atoms with E-state index >= 15 is 0 Å². The Morgan fingerprint density at radius 1 is 1.40 bits per heavy atom. The molecule has 3 heteroatoms. The van der Waals surface area contributed by atoms with Gasteiger partial charge in [0, 0.05) is 12.5 Å². The minimum Gasteiger partial charge on any atom is -0.493 e. The van der Waals surface area contributed by atoms with Gasteiger partial charge in [0.15, 0.2) is 0 Å². The second-order valence-electron chi connectivity index (χ2n) is 4.35. The minimum absolute atomic E-state index is 0.218. The maximum Gasteiger partial charge on any atom is 0.122 e. The largest absolute Gasteiger partial charge is 0.493 e. The molecule has 0 spiro atoms. The van der Waals surface area contributed by atoms with Crippen molar-refractivity contribution in [1.29, 1.82) is 0 Å². The van der Waals surface area contributed by atoms with Crippen molar-refractivity contribution in [3.05, 3.63) is 29.3 Å². The zero-order chi connectivity index (χ0) is 10.8. The number of hydrogen-bond donors (Lipinski definition) is 2. The lowest BCUT2D eigenvalue weighted by atomic mass is 9.95. The van der Waals surface area contributed by atoms with E-state index in [0.717, 1.165) is 18.8 Å². The highest BCUT2D eigenvalue weighted by atomic mass is 16.5. The first-order valence-corrected chi connectivity index (χ1v) is 5.44. The van der Waals surface area contributed by atoms with E-state index in [9.17, 15) is 0 Å². The fraction of sp³-hybridized carbons (Fsp3) is 0.500. The topological polar surface area (TPSA) is 47.3 Å². The average molecular weight is 206 g/mol. The predicted octanol–water partition coefficient (Wildman–Crippen LogP) is 1.78. The quantitative estimate of drug-likeness (QED) is 0.585. The van der Waals surface area contributed by atoms with Crippen LogP contribution in [0.15, 0.2) is 18.2 Å². The monoisotopic (exact) mass is 206 g/mol. The lowest BCUT2D eigenvalue weighted by Gasteiger charge is -2.20. The van der Waals surface area contributed by atoms with Crippen molar-refractivity contribution in [2.24, 2.45) is 11.8 Å². The highest BCUT2D eigenvalue weighted by Crippen LogP contribution is 2.30. The van der Waals surface area contributed by atoms with E-state index in [2.05, 4.69) is 31.4 Å². The van der Waals surface area contributed by atoms with Crippen LogP contribution in [0.2, 0.25) is 0 Å². The van der Waals surface area contributed by atoms with Crippen molar-refractivity contribution in [3.8, 4) is 5.75 Å². The summed E-state index contributed by atoms with van der Waals surface area (Å²) < 4.78 is 5.48. The molecule has 0 saturated heterocycles. The van der Waals surface area contributed by atoms with Gasteiger partial charge in [0.2, 0.25) is 0 Å². The van der Waals surface area contributed by atoms with Gasteiger partial charge in [0.25, 0.3) is 0 Å². The first-order valence-electron chi connectivity index (χ1n) is 5.44. The first kappa shape index (κ1) is 10.5. The highest BCUT2D eigenvalue weighted by Gasteiger charge is 2.18. The van der Waals surface area contributed by atoms with Gasteiger partial charge in [-0.25, -0.2) is 0 Å². The minimum atomic E-state index is 0.218. The van der Waals surface area contributed by atoms with E-state index in [4.69, 9.17) is 10.6 Å². The summed E-state index contributed by atoms with van der Waals surface area (Å²) in [6.45, 7) is 5.13. The number of hydrazine groups is 1. The van der Waals surface area contributed by atoms with Gasteiger partial charge in [0.05, 0.1) is 6.61 Å². The Bertz CT molecular complexity index is 349. The Labute approximate surface area is 90.6 Å². The average Bonchev–Trinajstić information content (AvgIpc) is 2.65. The van der Waals surface area contributed by atoms with Gasteiger partial charge >= 0.3 is 0 Å². The molecule has 2 rings (SSSR count). The molecule has 1 aromatic rings. The third kappa shape index (κ3) is 1.98. The van der Waals surface area contributed by atoms with Crippen molar-refractivity contribution in [1.82, 2.24) is 5.43 Å². The van der Waals surface area contributed by atoms with E-state index in [1.165, 1.54) is 11.1 Å². The van der Waals surface area contributed by atoms with Crippen molar-refractivity contribution in [2.75, 3.05) is 6.61 Å². The Kier molecular flexibility index (Phi) is 2.93. The van der Waals surface area contributed by atoms with E-state index in [0.29, 0.717) is 5.92 Å². The third-order valence-corrected chi connectivity index (χ3v) is 2.92. The van der Waals surface area contributed by atoms with Gasteiger partial charge in [-0.1, -0.05) is 26.0 Å². The molecular weight excluding hydrogens is 188 g/mol. The number of rotatable bonds is 3. The van der Waals surface area contributed by atoms with E-state index in [1.54, 1.807) is 0 Å². The van der Waals surface area contributed by atoms with Crippen LogP contribution in [0.25, 0.3) is 0 Å². The zero-order valence-electron chi connectivity index (χ0n) is 9.29. The van der Waals surface area contributed by atoms with Crippen LogP contribution in [0.1, 0.15) is 31.0 Å². The van der Waals surface area contributed by atoms with Crippen LogP contribution >= 0.6 is 0 Å². The van der Waals surface area contributed by atoms with Gasteiger partial charge in [-0.3, -0.25) is 11.3 Å². The van der Waals surface area contributed by atoms with Gasteiger partial charge in [-0.05, 0) is 23.1 Å². The van der Waals surface area contributed by atoms with E-state index in [-0.39, 0.29) is 6.04 Å². The number of fused-ring (bicyclic) bond motifs is 1. The standard InChI is InChI=1S/C12H18N2O/c1-8(2)12(14-13)10-3-4-11-9(7-10)5-6-15-11/h3-4,7-8,12,14H,5-6,13H2,1-2H3. The normalized spacial score (nSPS) is 16.3. The molecule has 0 radical (unpaired) electrons. The lowest BCUT2D eigenvalue weighted by Crippen LogP contribution is -2.31. The fourth-order valence-corrected chi connectivity index (χ4v) is 2.07. The molecule has 0 bridgehead atoms. The number of nitrogens with two attached hydrogens (primary N) is 1. The SMILES string of the molecule is CC(C)C(NN)c1ccc2c(c1)CCO2. The second-order valence-corrected chi connectivity index (χ2v) is 4.35. The van der Waals surface area contributed by atoms with E-state index < -0.39 is 0 Å². The summed E-state index contributed by atoms with van der Waals surface area (Å²) >= 11 is 0. The van der Waals surface area contributed by atoms with Crippen LogP contribution in [-0.2, 0) is 6.42 Å². The maximum atomic E-state index is 5.57. The lowest BCUT2D eigenvalue weighted by molar-refractivity contribution is 0.356. The molecular formula is C12H18N2O. The van der Waals surface area contributed by atoms with Crippen LogP contribution in [0.3, 0.4) is 0 Å². The molecule has 15 heavy (non-hydrogen) atoms. The summed E-state index contributed by atoms with van der Waals surface area (Å²) in [7, 11) is 0. The maximum absolute atomic E-state index is 5.57. The Morgan fingerprint density at radius 2 is 2.20 bits per heavy atom. The summed E-state index contributed by atoms with van der Waals surface area (Å²) in [5.74, 6) is 7.08.